The lowest BCUT2D eigenvalue weighted by molar-refractivity contribution is -0.265. The van der Waals surface area contributed by atoms with E-state index >= 15 is 0 Å². The van der Waals surface area contributed by atoms with Crippen molar-refractivity contribution in [1.29, 1.82) is 0 Å². The Labute approximate surface area is 212 Å². The highest BCUT2D eigenvalue weighted by Gasteiger charge is 2.54. The number of benzene rings is 1. The molecule has 2 heterocycles. The maximum absolute atomic E-state index is 13.6. The molecule has 0 spiro atoms. The number of carbonyl (C=O) groups excluding carboxylic acids is 3. The van der Waals surface area contributed by atoms with Crippen molar-refractivity contribution < 1.29 is 33.9 Å². The molecule has 1 aromatic carbocycles. The lowest BCUT2D eigenvalue weighted by Gasteiger charge is -2.53. The molecule has 4 atom stereocenters. The highest BCUT2D eigenvalue weighted by Crippen LogP contribution is 2.32. The van der Waals surface area contributed by atoms with Crippen molar-refractivity contribution in [3.63, 3.8) is 0 Å². The second-order valence-corrected chi connectivity index (χ2v) is 10.3. The van der Waals surface area contributed by atoms with Gasteiger partial charge in [-0.2, -0.15) is 5.06 Å². The minimum atomic E-state index is -1.12. The molecule has 198 valence electrons. The largest absolute Gasteiger partial charge is 0.480 e. The number of piperazine rings is 1. The number of fused-ring (bicyclic) bond motifs is 1. The van der Waals surface area contributed by atoms with Gasteiger partial charge >= 0.3 is 12.1 Å². The van der Waals surface area contributed by atoms with Crippen LogP contribution in [0.3, 0.4) is 0 Å². The Morgan fingerprint density at radius 3 is 2.33 bits per heavy atom. The first-order valence-electron chi connectivity index (χ1n) is 12.5. The van der Waals surface area contributed by atoms with Gasteiger partial charge in [-0.1, -0.05) is 58.0 Å². The van der Waals surface area contributed by atoms with Gasteiger partial charge in [-0.05, 0) is 37.2 Å². The summed E-state index contributed by atoms with van der Waals surface area (Å²) in [6, 6.07) is 7.56. The van der Waals surface area contributed by atoms with Gasteiger partial charge in [-0.25, -0.2) is 9.59 Å². The van der Waals surface area contributed by atoms with Crippen LogP contribution in [0.15, 0.2) is 30.3 Å². The van der Waals surface area contributed by atoms with Crippen LogP contribution in [-0.4, -0.2) is 81.4 Å². The second kappa shape index (κ2) is 11.7. The zero-order chi connectivity index (χ0) is 26.6. The van der Waals surface area contributed by atoms with Gasteiger partial charge in [-0.3, -0.25) is 14.4 Å². The summed E-state index contributed by atoms with van der Waals surface area (Å²) in [6.45, 7) is 9.05. The number of carbonyl (C=O) groups is 4. The van der Waals surface area contributed by atoms with E-state index in [4.69, 9.17) is 9.57 Å². The third kappa shape index (κ3) is 6.16. The van der Waals surface area contributed by atoms with Crippen molar-refractivity contribution in [2.45, 2.75) is 78.2 Å². The molecule has 1 N–H and O–H groups in total. The van der Waals surface area contributed by atoms with E-state index in [2.05, 4.69) is 0 Å². The molecule has 0 radical (unpaired) electrons. The smallest absolute Gasteiger partial charge is 0.436 e. The van der Waals surface area contributed by atoms with E-state index in [1.165, 1.54) is 16.7 Å². The van der Waals surface area contributed by atoms with Crippen LogP contribution < -0.4 is 0 Å². The Kier molecular flexibility index (Phi) is 8.94. The van der Waals surface area contributed by atoms with E-state index in [1.807, 2.05) is 58.0 Å². The predicted octanol–water partition coefficient (Wildman–Crippen LogP) is 2.91. The molecular formula is C26H37N3O7. The van der Waals surface area contributed by atoms with Crippen molar-refractivity contribution in [2.75, 3.05) is 13.2 Å². The van der Waals surface area contributed by atoms with E-state index in [1.54, 1.807) is 0 Å². The van der Waals surface area contributed by atoms with Gasteiger partial charge in [-0.15, -0.1) is 0 Å². The average molecular weight is 504 g/mol. The maximum atomic E-state index is 13.6. The van der Waals surface area contributed by atoms with Crippen LogP contribution in [-0.2, 0) is 30.4 Å². The van der Waals surface area contributed by atoms with Crippen molar-refractivity contribution in [3.05, 3.63) is 35.9 Å². The third-order valence-corrected chi connectivity index (χ3v) is 6.42. The van der Waals surface area contributed by atoms with E-state index in [-0.39, 0.29) is 31.4 Å². The third-order valence-electron chi connectivity index (χ3n) is 6.42. The molecule has 10 nitrogen and oxygen atoms in total. The molecule has 2 saturated heterocycles. The average Bonchev–Trinajstić information content (AvgIpc) is 2.81. The number of hydroxylamine groups is 2. The number of carboxylic acid groups (broad SMARTS) is 1. The fraction of sp³-hybridized carbons (Fsp3) is 0.615. The lowest BCUT2D eigenvalue weighted by Crippen LogP contribution is -2.74. The monoisotopic (exact) mass is 503 g/mol. The normalized spacial score (nSPS) is 23.2. The fourth-order valence-electron chi connectivity index (χ4n) is 4.73. The van der Waals surface area contributed by atoms with Crippen molar-refractivity contribution in [1.82, 2.24) is 14.9 Å². The SMILES string of the molecule is CC(C)C[C@@H](C(=O)O)N1CC2N(C(=O)OCCc3ccccc3)O[C@H](C)C(=O)N2[C@@H](CC(C)C)C1=O. The zero-order valence-corrected chi connectivity index (χ0v) is 21.6. The Morgan fingerprint density at radius 2 is 1.75 bits per heavy atom. The molecule has 2 fully saturated rings. The minimum absolute atomic E-state index is 0.0174. The first-order valence-corrected chi connectivity index (χ1v) is 12.5. The predicted molar refractivity (Wildman–Crippen MR) is 130 cm³/mol. The van der Waals surface area contributed by atoms with Gasteiger partial charge < -0.3 is 19.6 Å². The topological polar surface area (TPSA) is 117 Å². The van der Waals surface area contributed by atoms with Gasteiger partial charge in [0.15, 0.2) is 12.3 Å². The van der Waals surface area contributed by atoms with Crippen molar-refractivity contribution in [3.8, 4) is 0 Å². The minimum Gasteiger partial charge on any atom is -0.480 e. The van der Waals surface area contributed by atoms with Crippen LogP contribution >= 0.6 is 0 Å². The summed E-state index contributed by atoms with van der Waals surface area (Å²) in [5, 5.41) is 10.9. The molecule has 0 aromatic heterocycles. The molecule has 1 unspecified atom stereocenters. The molecule has 2 aliphatic heterocycles. The summed E-state index contributed by atoms with van der Waals surface area (Å²) >= 11 is 0. The number of nitrogens with zero attached hydrogens (tertiary/aromatic N) is 3. The number of ether oxygens (including phenoxy) is 1. The Bertz CT molecular complexity index is 952. The Balaban J connectivity index is 1.88. The molecule has 3 amide bonds. The first kappa shape index (κ1) is 27.4. The van der Waals surface area contributed by atoms with E-state index in [9.17, 15) is 24.3 Å². The first-order chi connectivity index (χ1) is 17.0. The molecule has 2 aliphatic rings. The maximum Gasteiger partial charge on any atom is 0.436 e. The Morgan fingerprint density at radius 1 is 1.08 bits per heavy atom. The number of hydrogen-bond donors (Lipinski definition) is 1. The standard InChI is InChI=1S/C26H37N3O7/c1-16(2)13-20-24(31)27(21(25(32)33)14-17(3)4)15-22-28(20)23(30)18(5)36-29(22)26(34)35-12-11-19-9-7-6-8-10-19/h6-10,16-18,20-22H,11-15H2,1-5H3,(H,32,33)/t18-,20+,21+,22?/m1/s1. The highest BCUT2D eigenvalue weighted by atomic mass is 16.7. The van der Waals surface area contributed by atoms with Crippen molar-refractivity contribution >= 4 is 23.9 Å². The highest BCUT2D eigenvalue weighted by molar-refractivity contribution is 5.93. The molecule has 3 rings (SSSR count). The quantitative estimate of drug-likeness (QED) is 0.551. The summed E-state index contributed by atoms with van der Waals surface area (Å²) in [6.07, 6.45) is -1.70. The number of aliphatic carboxylic acids is 1. The summed E-state index contributed by atoms with van der Waals surface area (Å²) in [5.41, 5.74) is 0.999. The van der Waals surface area contributed by atoms with E-state index in [0.717, 1.165) is 10.6 Å². The van der Waals surface area contributed by atoms with Gasteiger partial charge in [0, 0.05) is 6.42 Å². The lowest BCUT2D eigenvalue weighted by atomic mass is 9.94. The fourth-order valence-corrected chi connectivity index (χ4v) is 4.73. The zero-order valence-electron chi connectivity index (χ0n) is 21.6. The van der Waals surface area contributed by atoms with Crippen molar-refractivity contribution in [2.24, 2.45) is 11.8 Å². The molecule has 0 bridgehead atoms. The van der Waals surface area contributed by atoms with Gasteiger partial charge in [0.05, 0.1) is 13.2 Å². The van der Waals surface area contributed by atoms with Gasteiger partial charge in [0.2, 0.25) is 5.91 Å². The number of carboxylic acids is 1. The molecule has 1 aromatic rings. The summed E-state index contributed by atoms with van der Waals surface area (Å²) in [4.78, 5) is 60.4. The van der Waals surface area contributed by atoms with Crippen LogP contribution in [0.4, 0.5) is 4.79 Å². The van der Waals surface area contributed by atoms with E-state index in [0.29, 0.717) is 12.8 Å². The van der Waals surface area contributed by atoms with Crippen LogP contribution in [0.5, 0.6) is 0 Å². The van der Waals surface area contributed by atoms with E-state index < -0.39 is 48.2 Å². The number of hydrogen-bond acceptors (Lipinski definition) is 6. The number of amides is 3. The van der Waals surface area contributed by atoms with Crippen LogP contribution in [0.2, 0.25) is 0 Å². The van der Waals surface area contributed by atoms with Crippen LogP contribution in [0.1, 0.15) is 53.0 Å². The van der Waals surface area contributed by atoms with Crippen LogP contribution in [0.25, 0.3) is 0 Å². The molecule has 36 heavy (non-hydrogen) atoms. The summed E-state index contributed by atoms with van der Waals surface area (Å²) in [7, 11) is 0. The molecule has 10 heteroatoms. The Hall–Kier alpha value is -3.14. The van der Waals surface area contributed by atoms with Crippen LogP contribution in [0, 0.1) is 11.8 Å². The summed E-state index contributed by atoms with van der Waals surface area (Å²) < 4.78 is 5.47. The van der Waals surface area contributed by atoms with Gasteiger partial charge in [0.1, 0.15) is 12.1 Å². The second-order valence-electron chi connectivity index (χ2n) is 10.3. The number of rotatable bonds is 9. The molecule has 0 saturated carbocycles. The molecule has 0 aliphatic carbocycles. The van der Waals surface area contributed by atoms with Gasteiger partial charge in [0.25, 0.3) is 5.91 Å². The summed E-state index contributed by atoms with van der Waals surface area (Å²) in [5.74, 6) is -1.90. The molecular weight excluding hydrogens is 466 g/mol.